The van der Waals surface area contributed by atoms with Gasteiger partial charge in [-0.3, -0.25) is 14.4 Å². The van der Waals surface area contributed by atoms with Crippen LogP contribution in [0.25, 0.3) is 0 Å². The Kier molecular flexibility index (Phi) is 16.8. The molecule has 1 fully saturated rings. The van der Waals surface area contributed by atoms with Crippen LogP contribution >= 0.6 is 22.6 Å². The van der Waals surface area contributed by atoms with Crippen LogP contribution in [0.1, 0.15) is 123 Å². The predicted molar refractivity (Wildman–Crippen MR) is 200 cm³/mol. The number of aliphatic hydroxyl groups is 2. The number of nitrogens with one attached hydrogen (secondary N) is 2. The van der Waals surface area contributed by atoms with E-state index in [1.54, 1.807) is 45.0 Å². The number of hydrogen-bond acceptors (Lipinski definition) is 10. The van der Waals surface area contributed by atoms with Crippen LogP contribution in [0, 0.1) is 3.57 Å². The summed E-state index contributed by atoms with van der Waals surface area (Å²) in [5.74, 6) is -3.30. The topological polar surface area (TPSA) is 170 Å². The first-order valence-electron chi connectivity index (χ1n) is 18.2. The molecule has 1 aromatic rings. The zero-order valence-electron chi connectivity index (χ0n) is 30.9. The molecule has 4 N–H and O–H groups in total. The van der Waals surface area contributed by atoms with Gasteiger partial charge in [-0.05, 0) is 93.8 Å². The molecule has 51 heavy (non-hydrogen) atoms. The van der Waals surface area contributed by atoms with Gasteiger partial charge in [0.15, 0.2) is 5.79 Å². The second kappa shape index (κ2) is 20.0. The third-order valence-corrected chi connectivity index (χ3v) is 9.52. The van der Waals surface area contributed by atoms with Gasteiger partial charge in [-0.2, -0.15) is 0 Å². The van der Waals surface area contributed by atoms with Crippen LogP contribution in [0.4, 0.5) is 0 Å². The first-order chi connectivity index (χ1) is 24.1. The van der Waals surface area contributed by atoms with E-state index in [4.69, 9.17) is 18.9 Å². The maximum atomic E-state index is 13.8. The summed E-state index contributed by atoms with van der Waals surface area (Å²) in [4.78, 5) is 52.7. The number of benzene rings is 1. The number of hydrogen-bond donors (Lipinski definition) is 4. The van der Waals surface area contributed by atoms with Crippen molar-refractivity contribution in [2.45, 2.75) is 160 Å². The Hall–Kier alpha value is -2.59. The second-order valence-electron chi connectivity index (χ2n) is 14.5. The molecule has 0 aromatic heterocycles. The molecule has 2 amide bonds. The number of unbranched alkanes of at least 4 members (excludes halogenated alkanes) is 4. The molecule has 0 spiro atoms. The number of rotatable bonds is 19. The number of halogens is 1. The smallest absolute Gasteiger partial charge is 0.338 e. The van der Waals surface area contributed by atoms with E-state index < -0.39 is 78.2 Å². The summed E-state index contributed by atoms with van der Waals surface area (Å²) in [6.07, 6.45) is 5.37. The van der Waals surface area contributed by atoms with Crippen LogP contribution in [0.15, 0.2) is 35.9 Å². The quantitative estimate of drug-likeness (QED) is 0.0821. The van der Waals surface area contributed by atoms with Crippen LogP contribution in [-0.2, 0) is 33.3 Å². The number of amides is 2. The van der Waals surface area contributed by atoms with Crippen molar-refractivity contribution in [1.82, 2.24) is 10.6 Å². The molecule has 286 valence electrons. The fourth-order valence-electron chi connectivity index (χ4n) is 6.24. The number of carbonyl (C=O) groups is 4. The number of carbonyl (C=O) groups excluding carboxylic acids is 4. The minimum absolute atomic E-state index is 0.00464. The van der Waals surface area contributed by atoms with Gasteiger partial charge < -0.3 is 39.8 Å². The van der Waals surface area contributed by atoms with Gasteiger partial charge in [0.05, 0.1) is 24.3 Å². The number of ether oxygens (including phenoxy) is 4. The minimum Gasteiger partial charge on any atom is -0.460 e. The van der Waals surface area contributed by atoms with Crippen molar-refractivity contribution in [3.8, 4) is 0 Å². The lowest BCUT2D eigenvalue weighted by atomic mass is 9.91. The largest absolute Gasteiger partial charge is 0.460 e. The lowest BCUT2D eigenvalue weighted by Gasteiger charge is -2.31. The highest BCUT2D eigenvalue weighted by Crippen LogP contribution is 2.43. The highest BCUT2D eigenvalue weighted by Gasteiger charge is 2.52. The van der Waals surface area contributed by atoms with Crippen molar-refractivity contribution >= 4 is 46.3 Å². The van der Waals surface area contributed by atoms with E-state index in [1.807, 2.05) is 6.07 Å². The molecular formula is C38H57IN2O10. The maximum absolute atomic E-state index is 13.8. The second-order valence-corrected chi connectivity index (χ2v) is 15.8. The van der Waals surface area contributed by atoms with Crippen LogP contribution in [0.5, 0.6) is 0 Å². The normalized spacial score (nSPS) is 21.4. The number of fused-ring (bicyclic) bond motifs is 1. The summed E-state index contributed by atoms with van der Waals surface area (Å²) < 4.78 is 25.6. The Morgan fingerprint density at radius 1 is 1.04 bits per heavy atom. The van der Waals surface area contributed by atoms with Gasteiger partial charge in [-0.25, -0.2) is 4.79 Å². The van der Waals surface area contributed by atoms with Gasteiger partial charge in [-0.15, -0.1) is 0 Å². The first kappa shape index (κ1) is 42.8. The summed E-state index contributed by atoms with van der Waals surface area (Å²) in [7, 11) is 0. The first-order valence-corrected chi connectivity index (χ1v) is 19.3. The molecule has 12 nitrogen and oxygen atoms in total. The summed E-state index contributed by atoms with van der Waals surface area (Å²) >= 11 is 2.12. The van der Waals surface area contributed by atoms with Crippen molar-refractivity contribution in [3.05, 3.63) is 45.0 Å². The van der Waals surface area contributed by atoms with Gasteiger partial charge in [0.25, 0.3) is 0 Å². The summed E-state index contributed by atoms with van der Waals surface area (Å²) in [5, 5.41) is 25.7. The average Bonchev–Trinajstić information content (AvgIpc) is 3.43. The van der Waals surface area contributed by atoms with Gasteiger partial charge in [0, 0.05) is 34.8 Å². The highest BCUT2D eigenvalue weighted by atomic mass is 127. The Labute approximate surface area is 315 Å². The lowest BCUT2D eigenvalue weighted by Crippen LogP contribution is -2.55. The monoisotopic (exact) mass is 828 g/mol. The van der Waals surface area contributed by atoms with Gasteiger partial charge in [0.1, 0.15) is 30.0 Å². The number of esters is 2. The Morgan fingerprint density at radius 2 is 1.71 bits per heavy atom. The molecular weight excluding hydrogens is 771 g/mol. The molecule has 6 atom stereocenters. The van der Waals surface area contributed by atoms with E-state index >= 15 is 0 Å². The molecule has 0 radical (unpaired) electrons. The molecule has 1 aromatic carbocycles. The molecule has 0 bridgehead atoms. The van der Waals surface area contributed by atoms with E-state index in [-0.39, 0.29) is 24.8 Å². The van der Waals surface area contributed by atoms with Gasteiger partial charge in [-0.1, -0.05) is 45.6 Å². The van der Waals surface area contributed by atoms with E-state index in [0.29, 0.717) is 18.4 Å². The Balaban J connectivity index is 1.82. The van der Waals surface area contributed by atoms with Gasteiger partial charge >= 0.3 is 11.9 Å². The van der Waals surface area contributed by atoms with Crippen LogP contribution in [0.3, 0.4) is 0 Å². The lowest BCUT2D eigenvalue weighted by molar-refractivity contribution is -0.190. The fourth-order valence-corrected chi connectivity index (χ4v) is 6.79. The molecule has 1 saturated heterocycles. The van der Waals surface area contributed by atoms with Crippen molar-refractivity contribution in [1.29, 1.82) is 0 Å². The van der Waals surface area contributed by atoms with Crippen LogP contribution in [0.2, 0.25) is 0 Å². The Bertz CT molecular complexity index is 1350. The van der Waals surface area contributed by atoms with Crippen molar-refractivity contribution in [3.63, 3.8) is 0 Å². The summed E-state index contributed by atoms with van der Waals surface area (Å²) in [6, 6.07) is 4.81. The standard InChI is InChI=1S/C38H57IN2O10/c1-7-9-11-18-38(19-12-10-8-2)49-30-22-26(21-29(33(30)51-38)48-36(47)25-14-13-15-27(39)20-25)34(45)41-32(24(3)43)35(46)40-28(23-42)16-17-31(44)50-37(4,5)6/h13-15,20,22,24,28-30,32-33,42-43H,7-12,16-19,21,23H2,1-6H3,(H,40,46)(H,41,45). The Morgan fingerprint density at radius 3 is 2.27 bits per heavy atom. The van der Waals surface area contributed by atoms with E-state index in [0.717, 1.165) is 42.1 Å². The maximum Gasteiger partial charge on any atom is 0.338 e. The highest BCUT2D eigenvalue weighted by molar-refractivity contribution is 14.1. The van der Waals surface area contributed by atoms with Crippen LogP contribution in [-0.4, -0.2) is 88.5 Å². The van der Waals surface area contributed by atoms with Crippen molar-refractivity contribution in [2.24, 2.45) is 0 Å². The fraction of sp³-hybridized carbons (Fsp3) is 0.684. The molecule has 1 aliphatic heterocycles. The minimum atomic E-state index is -1.39. The zero-order valence-corrected chi connectivity index (χ0v) is 33.0. The molecule has 2 aliphatic rings. The predicted octanol–water partition coefficient (Wildman–Crippen LogP) is 5.25. The molecule has 0 saturated carbocycles. The molecule has 3 rings (SSSR count). The van der Waals surface area contributed by atoms with Crippen molar-refractivity contribution in [2.75, 3.05) is 6.61 Å². The van der Waals surface area contributed by atoms with Crippen molar-refractivity contribution < 1.29 is 48.3 Å². The van der Waals surface area contributed by atoms with E-state index in [9.17, 15) is 29.4 Å². The summed E-state index contributed by atoms with van der Waals surface area (Å²) in [6.45, 7) is 10.4. The molecule has 13 heteroatoms. The molecule has 1 aliphatic carbocycles. The third kappa shape index (κ3) is 13.4. The van der Waals surface area contributed by atoms with Gasteiger partial charge in [0.2, 0.25) is 11.8 Å². The SMILES string of the molecule is CCCCCC1(CCCCC)OC2C=C(C(=O)NC(C(=O)NC(CO)CCC(=O)OC(C)(C)C)C(C)O)CC(OC(=O)c3cccc(I)c3)C2O1. The van der Waals surface area contributed by atoms with E-state index in [1.165, 1.54) is 6.92 Å². The molecule has 6 unspecified atom stereocenters. The zero-order chi connectivity index (χ0) is 37.8. The average molecular weight is 829 g/mol. The number of aliphatic hydroxyl groups excluding tert-OH is 2. The summed E-state index contributed by atoms with van der Waals surface area (Å²) in [5.41, 5.74) is -0.0880. The van der Waals surface area contributed by atoms with E-state index in [2.05, 4.69) is 47.1 Å². The molecule has 1 heterocycles. The third-order valence-electron chi connectivity index (χ3n) is 8.85. The van der Waals surface area contributed by atoms with Crippen LogP contribution < -0.4 is 10.6 Å².